The van der Waals surface area contributed by atoms with Gasteiger partial charge in [-0.25, -0.2) is 0 Å². The molecular weight excluding hydrogens is 719 g/mol. The molecule has 0 saturated heterocycles. The van der Waals surface area contributed by atoms with Gasteiger partial charge < -0.3 is 42.6 Å². The summed E-state index contributed by atoms with van der Waals surface area (Å²) in [5, 5.41) is 0. The van der Waals surface area contributed by atoms with Crippen molar-refractivity contribution in [1.29, 1.82) is 0 Å². The van der Waals surface area contributed by atoms with E-state index in [1.54, 1.807) is 7.11 Å². The summed E-state index contributed by atoms with van der Waals surface area (Å²) in [4.78, 5) is 22.5. The van der Waals surface area contributed by atoms with Gasteiger partial charge in [-0.3, -0.25) is 9.59 Å². The summed E-state index contributed by atoms with van der Waals surface area (Å²) in [5.74, 6) is -21.4. The average molecular weight is 773 g/mol. The van der Waals surface area contributed by atoms with Gasteiger partial charge in [0.15, 0.2) is 0 Å². The molecule has 0 N–H and O–H groups in total. The molecule has 0 rings (SSSR count). The SMILES string of the molecule is CCC(C)C(=O)OCCC(F)(F)C(F)(F)C(F)(F)C(F)(F)F.CCC(C)C(=O)OCCOCCOCCOCCOCCOCCOCCOC. The quantitative estimate of drug-likeness (QED) is 0.0505. The Balaban J connectivity index is 0. The number of hydrogen-bond donors (Lipinski definition) is 0. The Labute approximate surface area is 293 Å². The van der Waals surface area contributed by atoms with E-state index in [0.29, 0.717) is 85.9 Å². The minimum Gasteiger partial charge on any atom is -0.465 e. The number of alkyl halides is 9. The topological polar surface area (TPSA) is 117 Å². The van der Waals surface area contributed by atoms with Crippen molar-refractivity contribution in [3.63, 3.8) is 0 Å². The molecule has 0 aromatic rings. The van der Waals surface area contributed by atoms with E-state index in [4.69, 9.17) is 37.9 Å². The second kappa shape index (κ2) is 28.5. The smallest absolute Gasteiger partial charge is 0.460 e. The minimum absolute atomic E-state index is 0.0616. The fourth-order valence-electron chi connectivity index (χ4n) is 3.01. The fourth-order valence-corrected chi connectivity index (χ4v) is 3.01. The fraction of sp³-hybridized carbons (Fsp3) is 0.935. The molecule has 0 aliphatic carbocycles. The molecule has 0 heterocycles. The van der Waals surface area contributed by atoms with Crippen molar-refractivity contribution < 1.29 is 91.7 Å². The lowest BCUT2D eigenvalue weighted by molar-refractivity contribution is -0.397. The van der Waals surface area contributed by atoms with Gasteiger partial charge in [-0.15, -0.1) is 0 Å². The van der Waals surface area contributed by atoms with E-state index in [2.05, 4.69) is 4.74 Å². The number of rotatable bonds is 30. The van der Waals surface area contributed by atoms with Crippen LogP contribution in [0.3, 0.4) is 0 Å². The first-order chi connectivity index (χ1) is 23.8. The zero-order valence-corrected chi connectivity index (χ0v) is 29.8. The molecule has 0 aliphatic heterocycles. The van der Waals surface area contributed by atoms with E-state index in [1.165, 1.54) is 13.8 Å². The van der Waals surface area contributed by atoms with Crippen LogP contribution in [-0.2, 0) is 52.2 Å². The lowest BCUT2D eigenvalue weighted by atomic mass is 10.0. The second-order valence-electron chi connectivity index (χ2n) is 10.7. The van der Waals surface area contributed by atoms with Crippen LogP contribution in [0.4, 0.5) is 39.5 Å². The van der Waals surface area contributed by atoms with Crippen molar-refractivity contribution in [2.24, 2.45) is 11.8 Å². The number of ether oxygens (including phenoxy) is 9. The van der Waals surface area contributed by atoms with Crippen LogP contribution in [0.25, 0.3) is 0 Å². The van der Waals surface area contributed by atoms with Crippen LogP contribution >= 0.6 is 0 Å². The summed E-state index contributed by atoms with van der Waals surface area (Å²) in [6.07, 6.45) is -8.01. The van der Waals surface area contributed by atoms with Crippen molar-refractivity contribution >= 4 is 11.9 Å². The Bertz CT molecular complexity index is 883. The minimum atomic E-state index is -6.93. The van der Waals surface area contributed by atoms with Crippen molar-refractivity contribution in [3.05, 3.63) is 0 Å². The molecule has 0 spiro atoms. The molecule has 0 aliphatic rings. The van der Waals surface area contributed by atoms with Crippen molar-refractivity contribution in [1.82, 2.24) is 0 Å². The normalized spacial score (nSPS) is 13.7. The number of hydrogen-bond acceptors (Lipinski definition) is 11. The third-order valence-electron chi connectivity index (χ3n) is 6.66. The molecule has 0 aromatic heterocycles. The maximum absolute atomic E-state index is 13.0. The molecule has 306 valence electrons. The Morgan fingerprint density at radius 1 is 0.471 bits per heavy atom. The molecule has 0 aromatic carbocycles. The third-order valence-corrected chi connectivity index (χ3v) is 6.66. The van der Waals surface area contributed by atoms with Gasteiger partial charge in [0.2, 0.25) is 0 Å². The third kappa shape index (κ3) is 22.6. The van der Waals surface area contributed by atoms with Crippen molar-refractivity contribution in [2.75, 3.05) is 106 Å². The van der Waals surface area contributed by atoms with Crippen LogP contribution in [0, 0.1) is 11.8 Å². The van der Waals surface area contributed by atoms with Gasteiger partial charge in [-0.05, 0) is 12.8 Å². The van der Waals surface area contributed by atoms with Gasteiger partial charge in [0.25, 0.3) is 0 Å². The van der Waals surface area contributed by atoms with Crippen molar-refractivity contribution in [2.45, 2.75) is 70.9 Å². The molecule has 2 atom stereocenters. The van der Waals surface area contributed by atoms with Crippen LogP contribution < -0.4 is 0 Å². The van der Waals surface area contributed by atoms with E-state index in [0.717, 1.165) is 6.42 Å². The van der Waals surface area contributed by atoms with Gasteiger partial charge in [-0.1, -0.05) is 27.7 Å². The summed E-state index contributed by atoms with van der Waals surface area (Å²) in [5.41, 5.74) is 0. The van der Waals surface area contributed by atoms with E-state index in [-0.39, 0.29) is 24.9 Å². The zero-order valence-electron chi connectivity index (χ0n) is 29.8. The van der Waals surface area contributed by atoms with Crippen LogP contribution in [0.1, 0.15) is 47.0 Å². The summed E-state index contributed by atoms with van der Waals surface area (Å²) >= 11 is 0. The van der Waals surface area contributed by atoms with Gasteiger partial charge in [-0.2, -0.15) is 39.5 Å². The molecule has 0 amide bonds. The van der Waals surface area contributed by atoms with E-state index in [1.807, 2.05) is 13.8 Å². The Kier molecular flexibility index (Phi) is 28.6. The maximum atomic E-state index is 13.0. The van der Waals surface area contributed by atoms with E-state index in [9.17, 15) is 49.1 Å². The number of methoxy groups -OCH3 is 1. The number of carbonyl (C=O) groups is 2. The number of halogens is 9. The summed E-state index contributed by atoms with van der Waals surface area (Å²) in [6.45, 7) is 12.2. The first kappa shape index (κ1) is 51.1. The molecular formula is C31H53F9O11. The van der Waals surface area contributed by atoms with Crippen LogP contribution in [0.5, 0.6) is 0 Å². The Hall–Kier alpha value is -1.97. The lowest BCUT2D eigenvalue weighted by Crippen LogP contribution is -2.61. The molecule has 11 nitrogen and oxygen atoms in total. The molecule has 0 saturated carbocycles. The zero-order chi connectivity index (χ0) is 39.4. The average Bonchev–Trinajstić information content (AvgIpc) is 3.07. The largest absolute Gasteiger partial charge is 0.465 e. The van der Waals surface area contributed by atoms with Crippen LogP contribution in [0.15, 0.2) is 0 Å². The van der Waals surface area contributed by atoms with Gasteiger partial charge in [0.1, 0.15) is 6.61 Å². The lowest BCUT2D eigenvalue weighted by Gasteiger charge is -2.33. The predicted molar refractivity (Wildman–Crippen MR) is 163 cm³/mol. The molecule has 0 bridgehead atoms. The Morgan fingerprint density at radius 2 is 0.765 bits per heavy atom. The summed E-state index contributed by atoms with van der Waals surface area (Å²) in [7, 11) is 1.64. The predicted octanol–water partition coefficient (Wildman–Crippen LogP) is 5.76. The summed E-state index contributed by atoms with van der Waals surface area (Å²) in [6, 6.07) is 0. The monoisotopic (exact) mass is 772 g/mol. The number of esters is 2. The summed E-state index contributed by atoms with van der Waals surface area (Å²) < 4.78 is 159. The first-order valence-electron chi connectivity index (χ1n) is 16.3. The van der Waals surface area contributed by atoms with Gasteiger partial charge in [0.05, 0.1) is 111 Å². The van der Waals surface area contributed by atoms with Gasteiger partial charge >= 0.3 is 35.9 Å². The highest BCUT2D eigenvalue weighted by Gasteiger charge is 2.81. The van der Waals surface area contributed by atoms with E-state index < -0.39 is 48.9 Å². The highest BCUT2D eigenvalue weighted by Crippen LogP contribution is 2.53. The molecule has 0 radical (unpaired) electrons. The number of carbonyl (C=O) groups excluding carboxylic acids is 2. The highest BCUT2D eigenvalue weighted by atomic mass is 19.4. The molecule has 2 unspecified atom stereocenters. The van der Waals surface area contributed by atoms with Gasteiger partial charge in [0, 0.05) is 7.11 Å². The van der Waals surface area contributed by atoms with Crippen LogP contribution in [0.2, 0.25) is 0 Å². The van der Waals surface area contributed by atoms with E-state index >= 15 is 0 Å². The standard InChI is InChI=1S/C20H40O9.C11H13F9O2/c1-4-19(2)20(21)29-18-17-28-16-15-27-14-13-26-12-11-25-10-9-24-8-7-23-6-5-22-3;1-3-6(2)7(21)22-5-4-8(12,13)9(14,15)10(16,17)11(18,19)20/h19H,4-18H2,1-3H3;6H,3-5H2,1-2H3. The maximum Gasteiger partial charge on any atom is 0.460 e. The molecule has 51 heavy (non-hydrogen) atoms. The van der Waals surface area contributed by atoms with Crippen molar-refractivity contribution in [3.8, 4) is 0 Å². The molecule has 0 fully saturated rings. The first-order valence-corrected chi connectivity index (χ1v) is 16.3. The Morgan fingerprint density at radius 3 is 1.06 bits per heavy atom. The molecule has 20 heteroatoms. The van der Waals surface area contributed by atoms with Crippen LogP contribution in [-0.4, -0.2) is 142 Å². The highest BCUT2D eigenvalue weighted by molar-refractivity contribution is 5.72. The second-order valence-corrected chi connectivity index (χ2v) is 10.7.